The van der Waals surface area contributed by atoms with Crippen LogP contribution < -0.4 is 0 Å². The molecule has 0 spiro atoms. The fourth-order valence-electron chi connectivity index (χ4n) is 4.63. The van der Waals surface area contributed by atoms with E-state index in [4.69, 9.17) is 9.47 Å². The van der Waals surface area contributed by atoms with Crippen LogP contribution in [-0.4, -0.2) is 54.5 Å². The molecule has 2 saturated heterocycles. The SMILES string of the molecule is CCOC(=O)C1(C(=O)OCC)CC[C@H]2[C@@H](C1)C(=O)[C@@H]1CCCN12. The van der Waals surface area contributed by atoms with Crippen LogP contribution in [0.5, 0.6) is 0 Å². The second kappa shape index (κ2) is 6.23. The van der Waals surface area contributed by atoms with E-state index in [1.807, 2.05) is 0 Å². The Labute approximate surface area is 136 Å². The number of esters is 2. The van der Waals surface area contributed by atoms with Crippen molar-refractivity contribution >= 4 is 17.7 Å². The number of ether oxygens (including phenoxy) is 2. The van der Waals surface area contributed by atoms with E-state index in [1.54, 1.807) is 13.8 Å². The molecule has 3 fully saturated rings. The lowest BCUT2D eigenvalue weighted by molar-refractivity contribution is -0.176. The lowest BCUT2D eigenvalue weighted by atomic mass is 9.67. The van der Waals surface area contributed by atoms with E-state index in [0.717, 1.165) is 19.4 Å². The number of carbonyl (C=O) groups is 3. The quantitative estimate of drug-likeness (QED) is 0.574. The first-order valence-corrected chi connectivity index (χ1v) is 8.69. The van der Waals surface area contributed by atoms with E-state index < -0.39 is 17.4 Å². The molecule has 1 saturated carbocycles. The van der Waals surface area contributed by atoms with Gasteiger partial charge in [0, 0.05) is 12.0 Å². The molecule has 3 atom stereocenters. The molecule has 23 heavy (non-hydrogen) atoms. The van der Waals surface area contributed by atoms with Crippen molar-refractivity contribution in [1.82, 2.24) is 4.90 Å². The van der Waals surface area contributed by atoms with Gasteiger partial charge in [0.05, 0.1) is 19.3 Å². The van der Waals surface area contributed by atoms with Crippen LogP contribution in [0.4, 0.5) is 0 Å². The van der Waals surface area contributed by atoms with E-state index >= 15 is 0 Å². The van der Waals surface area contributed by atoms with Gasteiger partial charge in [0.1, 0.15) is 0 Å². The molecular weight excluding hydrogens is 298 g/mol. The number of fused-ring (bicyclic) bond motifs is 3. The summed E-state index contributed by atoms with van der Waals surface area (Å²) in [7, 11) is 0. The molecular formula is C17H25NO5. The Kier molecular flexibility index (Phi) is 4.45. The van der Waals surface area contributed by atoms with E-state index in [9.17, 15) is 14.4 Å². The van der Waals surface area contributed by atoms with Crippen molar-refractivity contribution in [2.75, 3.05) is 19.8 Å². The second-order valence-corrected chi connectivity index (χ2v) is 6.74. The highest BCUT2D eigenvalue weighted by molar-refractivity contribution is 6.01. The molecule has 0 aromatic rings. The summed E-state index contributed by atoms with van der Waals surface area (Å²) in [6, 6.07) is 0.164. The first-order valence-electron chi connectivity index (χ1n) is 8.69. The van der Waals surface area contributed by atoms with Gasteiger partial charge in [-0.1, -0.05) is 0 Å². The van der Waals surface area contributed by atoms with Gasteiger partial charge in [-0.15, -0.1) is 0 Å². The van der Waals surface area contributed by atoms with Crippen molar-refractivity contribution in [2.24, 2.45) is 11.3 Å². The second-order valence-electron chi connectivity index (χ2n) is 6.74. The number of nitrogens with zero attached hydrogens (tertiary/aromatic N) is 1. The number of hydrogen-bond donors (Lipinski definition) is 0. The molecule has 0 radical (unpaired) electrons. The zero-order valence-corrected chi connectivity index (χ0v) is 13.9. The molecule has 0 unspecified atom stereocenters. The Morgan fingerprint density at radius 2 is 1.83 bits per heavy atom. The number of ketones is 1. The smallest absolute Gasteiger partial charge is 0.323 e. The molecule has 1 aliphatic carbocycles. The molecule has 3 rings (SSSR count). The third kappa shape index (κ3) is 2.47. The van der Waals surface area contributed by atoms with Crippen molar-refractivity contribution in [3.05, 3.63) is 0 Å². The van der Waals surface area contributed by atoms with Gasteiger partial charge in [0.2, 0.25) is 0 Å². The van der Waals surface area contributed by atoms with E-state index in [0.29, 0.717) is 12.8 Å². The summed E-state index contributed by atoms with van der Waals surface area (Å²) in [5, 5.41) is 0. The largest absolute Gasteiger partial charge is 0.465 e. The highest BCUT2D eigenvalue weighted by Crippen LogP contribution is 2.49. The molecule has 0 aromatic heterocycles. The summed E-state index contributed by atoms with van der Waals surface area (Å²) in [5.74, 6) is -1.11. The first kappa shape index (κ1) is 16.4. The topological polar surface area (TPSA) is 72.9 Å². The Morgan fingerprint density at radius 1 is 1.17 bits per heavy atom. The molecule has 0 bridgehead atoms. The molecule has 2 aliphatic heterocycles. The molecule has 6 nitrogen and oxygen atoms in total. The number of hydrogen-bond acceptors (Lipinski definition) is 6. The molecule has 0 amide bonds. The molecule has 128 valence electrons. The van der Waals surface area contributed by atoms with Gasteiger partial charge in [-0.05, 0) is 52.5 Å². The summed E-state index contributed by atoms with van der Waals surface area (Å²) >= 11 is 0. The van der Waals surface area contributed by atoms with Gasteiger partial charge in [-0.25, -0.2) is 0 Å². The minimum atomic E-state index is -1.30. The predicted molar refractivity (Wildman–Crippen MR) is 81.6 cm³/mol. The number of Topliss-reactive ketones (excluding diaryl/α,β-unsaturated/α-hetero) is 1. The third-order valence-electron chi connectivity index (χ3n) is 5.65. The van der Waals surface area contributed by atoms with Gasteiger partial charge in [0.15, 0.2) is 11.2 Å². The van der Waals surface area contributed by atoms with Gasteiger partial charge >= 0.3 is 11.9 Å². The predicted octanol–water partition coefficient (Wildman–Crippen LogP) is 1.31. The van der Waals surface area contributed by atoms with Gasteiger partial charge in [0.25, 0.3) is 0 Å². The van der Waals surface area contributed by atoms with Crippen LogP contribution in [0.1, 0.15) is 46.0 Å². The zero-order chi connectivity index (χ0) is 16.6. The van der Waals surface area contributed by atoms with E-state index in [-0.39, 0.29) is 43.4 Å². The fourth-order valence-corrected chi connectivity index (χ4v) is 4.63. The van der Waals surface area contributed by atoms with Crippen LogP contribution >= 0.6 is 0 Å². The van der Waals surface area contributed by atoms with Gasteiger partial charge in [-0.3, -0.25) is 19.3 Å². The third-order valence-corrected chi connectivity index (χ3v) is 5.65. The van der Waals surface area contributed by atoms with Gasteiger partial charge in [-0.2, -0.15) is 0 Å². The molecule has 3 aliphatic rings. The van der Waals surface area contributed by atoms with Crippen molar-refractivity contribution in [3.63, 3.8) is 0 Å². The Morgan fingerprint density at radius 3 is 2.43 bits per heavy atom. The van der Waals surface area contributed by atoms with Crippen LogP contribution in [0.15, 0.2) is 0 Å². The van der Waals surface area contributed by atoms with Gasteiger partial charge < -0.3 is 9.47 Å². The molecule has 2 heterocycles. The minimum Gasteiger partial charge on any atom is -0.465 e. The van der Waals surface area contributed by atoms with Crippen LogP contribution in [-0.2, 0) is 23.9 Å². The molecule has 0 N–H and O–H groups in total. The highest BCUT2D eigenvalue weighted by Gasteiger charge is 2.60. The van der Waals surface area contributed by atoms with Crippen LogP contribution in [0.25, 0.3) is 0 Å². The molecule has 6 heteroatoms. The Hall–Kier alpha value is -1.43. The standard InChI is InChI=1S/C17H25NO5/c1-3-22-15(20)17(16(21)23-4-2)8-7-12-11(10-17)14(19)13-6-5-9-18(12)13/h11-13H,3-10H2,1-2H3/t11-,12+,13+/m1/s1. The Bertz CT molecular complexity index is 499. The first-order chi connectivity index (χ1) is 11.0. The minimum absolute atomic E-state index is 0.00908. The van der Waals surface area contributed by atoms with Crippen LogP contribution in [0, 0.1) is 11.3 Å². The fraction of sp³-hybridized carbons (Fsp3) is 0.824. The van der Waals surface area contributed by atoms with Crippen LogP contribution in [0.3, 0.4) is 0 Å². The summed E-state index contributed by atoms with van der Waals surface area (Å²) in [4.78, 5) is 40.1. The average Bonchev–Trinajstić information content (AvgIpc) is 3.11. The zero-order valence-electron chi connectivity index (χ0n) is 13.9. The monoisotopic (exact) mass is 323 g/mol. The van der Waals surface area contributed by atoms with E-state index in [2.05, 4.69) is 4.90 Å². The highest BCUT2D eigenvalue weighted by atomic mass is 16.6. The lowest BCUT2D eigenvalue weighted by Gasteiger charge is -2.39. The van der Waals surface area contributed by atoms with Crippen molar-refractivity contribution in [2.45, 2.75) is 58.0 Å². The molecule has 0 aromatic carbocycles. The maximum Gasteiger partial charge on any atom is 0.323 e. The maximum absolute atomic E-state index is 12.7. The normalized spacial score (nSPS) is 32.3. The van der Waals surface area contributed by atoms with Crippen LogP contribution in [0.2, 0.25) is 0 Å². The summed E-state index contributed by atoms with van der Waals surface area (Å²) in [5.41, 5.74) is -1.30. The Balaban J connectivity index is 1.87. The number of rotatable bonds is 4. The van der Waals surface area contributed by atoms with E-state index in [1.165, 1.54) is 0 Å². The van der Waals surface area contributed by atoms with Crippen molar-refractivity contribution in [3.8, 4) is 0 Å². The maximum atomic E-state index is 12.7. The lowest BCUT2D eigenvalue weighted by Crippen LogP contribution is -2.50. The number of carbonyl (C=O) groups excluding carboxylic acids is 3. The average molecular weight is 323 g/mol. The summed E-state index contributed by atoms with van der Waals surface area (Å²) in [6.07, 6.45) is 3.27. The summed E-state index contributed by atoms with van der Waals surface area (Å²) in [6.45, 7) is 4.83. The van der Waals surface area contributed by atoms with Crippen molar-refractivity contribution in [1.29, 1.82) is 0 Å². The summed E-state index contributed by atoms with van der Waals surface area (Å²) < 4.78 is 10.3. The van der Waals surface area contributed by atoms with Crippen molar-refractivity contribution < 1.29 is 23.9 Å².